The van der Waals surface area contributed by atoms with Gasteiger partial charge in [0.25, 0.3) is 0 Å². The Morgan fingerprint density at radius 2 is 1.73 bits per heavy atom. The predicted molar refractivity (Wildman–Crippen MR) is 122 cm³/mol. The molecule has 5 heteroatoms. The maximum Gasteiger partial charge on any atom is 0.237 e. The maximum absolute atomic E-state index is 13.2. The van der Waals surface area contributed by atoms with E-state index in [4.69, 9.17) is 0 Å². The van der Waals surface area contributed by atoms with E-state index in [1.54, 1.807) is 0 Å². The highest BCUT2D eigenvalue weighted by atomic mass is 16.2. The fraction of sp³-hybridized carbons (Fsp3) is 0.480. The minimum absolute atomic E-state index is 0.206. The summed E-state index contributed by atoms with van der Waals surface area (Å²) in [6.45, 7) is 3.83. The van der Waals surface area contributed by atoms with Crippen LogP contribution in [0.5, 0.6) is 0 Å². The SMILES string of the molecule is CN(C)CC(=O)N1Cc2ccccc2NCC[C@@H]2CC[C@H](C1)N2Cc1ccccc1. The Labute approximate surface area is 180 Å². The monoisotopic (exact) mass is 406 g/mol. The maximum atomic E-state index is 13.2. The Balaban J connectivity index is 1.61. The van der Waals surface area contributed by atoms with Crippen LogP contribution < -0.4 is 5.32 Å². The van der Waals surface area contributed by atoms with Crippen molar-refractivity contribution in [2.45, 2.75) is 44.4 Å². The van der Waals surface area contributed by atoms with Crippen molar-refractivity contribution in [1.29, 1.82) is 0 Å². The largest absolute Gasteiger partial charge is 0.385 e. The normalized spacial score (nSPS) is 22.3. The standard InChI is InChI=1S/C25H34N4O/c1-27(2)19-25(30)28-17-21-10-6-7-11-24(21)26-15-14-22-12-13-23(18-28)29(22)16-20-8-4-3-5-9-20/h3-11,22-23,26H,12-19H2,1-2H3/t22-,23+/m0/s1. The number of benzene rings is 2. The van der Waals surface area contributed by atoms with Gasteiger partial charge >= 0.3 is 0 Å². The molecule has 1 amide bonds. The van der Waals surface area contributed by atoms with E-state index in [9.17, 15) is 4.79 Å². The number of hydrogen-bond donors (Lipinski definition) is 1. The summed E-state index contributed by atoms with van der Waals surface area (Å²) in [5.41, 5.74) is 3.72. The molecule has 1 saturated heterocycles. The summed E-state index contributed by atoms with van der Waals surface area (Å²) in [4.78, 5) is 19.9. The average molecular weight is 407 g/mol. The summed E-state index contributed by atoms with van der Waals surface area (Å²) >= 11 is 0. The molecular formula is C25H34N4O. The molecule has 30 heavy (non-hydrogen) atoms. The molecule has 2 aromatic rings. The van der Waals surface area contributed by atoms with Crippen LogP contribution in [0.25, 0.3) is 0 Å². The van der Waals surface area contributed by atoms with Crippen molar-refractivity contribution in [1.82, 2.24) is 14.7 Å². The minimum atomic E-state index is 0.206. The fourth-order valence-electron chi connectivity index (χ4n) is 4.86. The van der Waals surface area contributed by atoms with Crippen LogP contribution in [0.3, 0.4) is 0 Å². The van der Waals surface area contributed by atoms with Crippen LogP contribution in [-0.4, -0.2) is 66.4 Å². The highest BCUT2D eigenvalue weighted by molar-refractivity contribution is 5.78. The van der Waals surface area contributed by atoms with Gasteiger partial charge in [-0.05, 0) is 50.6 Å². The Bertz CT molecular complexity index is 838. The summed E-state index contributed by atoms with van der Waals surface area (Å²) in [6.07, 6.45) is 3.49. The van der Waals surface area contributed by atoms with Gasteiger partial charge in [-0.15, -0.1) is 0 Å². The number of carbonyl (C=O) groups is 1. The fourth-order valence-corrected chi connectivity index (χ4v) is 4.86. The van der Waals surface area contributed by atoms with E-state index in [1.165, 1.54) is 17.5 Å². The molecule has 2 aliphatic rings. The lowest BCUT2D eigenvalue weighted by Gasteiger charge is -2.34. The zero-order valence-electron chi connectivity index (χ0n) is 18.3. The highest BCUT2D eigenvalue weighted by Crippen LogP contribution is 2.31. The lowest BCUT2D eigenvalue weighted by atomic mass is 10.1. The van der Waals surface area contributed by atoms with Crippen molar-refractivity contribution in [3.63, 3.8) is 0 Å². The number of nitrogens with zero attached hydrogens (tertiary/aromatic N) is 3. The minimum Gasteiger partial charge on any atom is -0.385 e. The van der Waals surface area contributed by atoms with Crippen LogP contribution in [0.1, 0.15) is 30.4 Å². The van der Waals surface area contributed by atoms with Crippen LogP contribution >= 0.6 is 0 Å². The second-order valence-corrected chi connectivity index (χ2v) is 8.93. The molecular weight excluding hydrogens is 372 g/mol. The number of hydrogen-bond acceptors (Lipinski definition) is 4. The molecule has 4 rings (SSSR count). The van der Waals surface area contributed by atoms with Crippen LogP contribution in [0.2, 0.25) is 0 Å². The van der Waals surface area contributed by atoms with Gasteiger partial charge in [0.15, 0.2) is 0 Å². The van der Waals surface area contributed by atoms with Gasteiger partial charge in [-0.2, -0.15) is 0 Å². The van der Waals surface area contributed by atoms with Crippen molar-refractivity contribution in [2.75, 3.05) is 39.0 Å². The summed E-state index contributed by atoms with van der Waals surface area (Å²) in [5, 5.41) is 3.65. The second kappa shape index (κ2) is 9.63. The zero-order chi connectivity index (χ0) is 20.9. The molecule has 2 aromatic carbocycles. The summed E-state index contributed by atoms with van der Waals surface area (Å²) in [7, 11) is 3.93. The van der Waals surface area contributed by atoms with Crippen molar-refractivity contribution < 1.29 is 4.79 Å². The first-order chi connectivity index (χ1) is 14.6. The van der Waals surface area contributed by atoms with Gasteiger partial charge in [-0.25, -0.2) is 0 Å². The van der Waals surface area contributed by atoms with Gasteiger partial charge in [0.05, 0.1) is 6.54 Å². The van der Waals surface area contributed by atoms with E-state index in [-0.39, 0.29) is 5.91 Å². The molecule has 0 radical (unpaired) electrons. The van der Waals surface area contributed by atoms with Crippen molar-refractivity contribution >= 4 is 11.6 Å². The Morgan fingerprint density at radius 1 is 1.00 bits per heavy atom. The molecule has 5 nitrogen and oxygen atoms in total. The van der Waals surface area contributed by atoms with Crippen LogP contribution in [0.4, 0.5) is 5.69 Å². The zero-order valence-corrected chi connectivity index (χ0v) is 18.3. The number of likely N-dealkylation sites (N-methyl/N-ethyl adjacent to an activating group) is 1. The number of rotatable bonds is 4. The third-order valence-electron chi connectivity index (χ3n) is 6.39. The van der Waals surface area contributed by atoms with E-state index >= 15 is 0 Å². The average Bonchev–Trinajstić information content (AvgIpc) is 3.08. The topological polar surface area (TPSA) is 38.8 Å². The molecule has 0 aliphatic carbocycles. The molecule has 2 heterocycles. The number of para-hydroxylation sites is 1. The lowest BCUT2D eigenvalue weighted by Crippen LogP contribution is -2.46. The Kier molecular flexibility index (Phi) is 6.70. The smallest absolute Gasteiger partial charge is 0.237 e. The van der Waals surface area contributed by atoms with Crippen LogP contribution in [-0.2, 0) is 17.9 Å². The van der Waals surface area contributed by atoms with Crippen LogP contribution in [0, 0.1) is 0 Å². The molecule has 0 saturated carbocycles. The number of carbonyl (C=O) groups excluding carboxylic acids is 1. The molecule has 1 fully saturated rings. The van der Waals surface area contributed by atoms with Gasteiger partial charge in [-0.1, -0.05) is 48.5 Å². The van der Waals surface area contributed by atoms with Crippen molar-refractivity contribution in [3.8, 4) is 0 Å². The summed E-state index contributed by atoms with van der Waals surface area (Å²) in [6, 6.07) is 20.1. The Hall–Kier alpha value is -2.37. The van der Waals surface area contributed by atoms with Gasteiger partial charge < -0.3 is 15.1 Å². The molecule has 2 atom stereocenters. The van der Waals surface area contributed by atoms with E-state index < -0.39 is 0 Å². The first-order valence-corrected chi connectivity index (χ1v) is 11.1. The molecule has 1 N–H and O–H groups in total. The Morgan fingerprint density at radius 3 is 2.53 bits per heavy atom. The second-order valence-electron chi connectivity index (χ2n) is 8.93. The van der Waals surface area contributed by atoms with Crippen molar-refractivity contribution in [2.24, 2.45) is 0 Å². The molecule has 160 valence electrons. The highest BCUT2D eigenvalue weighted by Gasteiger charge is 2.35. The lowest BCUT2D eigenvalue weighted by molar-refractivity contribution is -0.133. The molecule has 0 aromatic heterocycles. The van der Waals surface area contributed by atoms with E-state index in [1.807, 2.05) is 19.0 Å². The summed E-state index contributed by atoms with van der Waals surface area (Å²) < 4.78 is 0. The molecule has 0 spiro atoms. The van der Waals surface area contributed by atoms with E-state index in [2.05, 4.69) is 69.7 Å². The third-order valence-corrected chi connectivity index (χ3v) is 6.39. The third kappa shape index (κ3) is 5.02. The van der Waals surface area contributed by atoms with Crippen LogP contribution in [0.15, 0.2) is 54.6 Å². The van der Waals surface area contributed by atoms with Gasteiger partial charge in [0, 0.05) is 44.0 Å². The predicted octanol–water partition coefficient (Wildman–Crippen LogP) is 3.43. The first kappa shape index (κ1) is 20.9. The number of nitrogens with one attached hydrogen (secondary N) is 1. The molecule has 0 unspecified atom stereocenters. The first-order valence-electron chi connectivity index (χ1n) is 11.1. The van der Waals surface area contributed by atoms with Gasteiger partial charge in [0.2, 0.25) is 5.91 Å². The van der Waals surface area contributed by atoms with Crippen molar-refractivity contribution in [3.05, 3.63) is 65.7 Å². The number of amides is 1. The van der Waals surface area contributed by atoms with E-state index in [0.29, 0.717) is 25.2 Å². The quantitative estimate of drug-likeness (QED) is 0.844. The van der Waals surface area contributed by atoms with Gasteiger partial charge in [0.1, 0.15) is 0 Å². The molecule has 2 aliphatic heterocycles. The molecule has 2 bridgehead atoms. The summed E-state index contributed by atoms with van der Waals surface area (Å²) in [5.74, 6) is 0.206. The number of anilines is 1. The van der Waals surface area contributed by atoms with Gasteiger partial charge in [-0.3, -0.25) is 9.69 Å². The number of fused-ring (bicyclic) bond motifs is 3. The van der Waals surface area contributed by atoms with E-state index in [0.717, 1.165) is 38.2 Å².